The number of halogens is 4. The molecule has 0 bridgehead atoms. The SMILES string of the molecule is COc1ccc(CO/N=C/NC(=O)NN(C)c2[nH+]cc(C(F)(F)F)cc2Cl)cc1. The van der Waals surface area contributed by atoms with Gasteiger partial charge in [-0.3, -0.25) is 5.32 Å². The summed E-state index contributed by atoms with van der Waals surface area (Å²) in [7, 11) is 2.95. The maximum atomic E-state index is 12.7. The molecule has 8 nitrogen and oxygen atoms in total. The summed E-state index contributed by atoms with van der Waals surface area (Å²) in [5.41, 5.74) is 2.25. The average molecular weight is 433 g/mol. The smallest absolute Gasteiger partial charge is 0.419 e. The molecule has 2 rings (SSSR count). The number of amides is 2. The number of carbonyl (C=O) groups is 1. The zero-order valence-corrected chi connectivity index (χ0v) is 16.1. The van der Waals surface area contributed by atoms with Crippen LogP contribution in [-0.2, 0) is 17.6 Å². The van der Waals surface area contributed by atoms with Crippen molar-refractivity contribution in [3.05, 3.63) is 52.7 Å². The van der Waals surface area contributed by atoms with Gasteiger partial charge in [0, 0.05) is 0 Å². The quantitative estimate of drug-likeness (QED) is 0.400. The number of anilines is 1. The molecule has 0 aliphatic rings. The van der Waals surface area contributed by atoms with Crippen LogP contribution in [0.4, 0.5) is 23.8 Å². The lowest BCUT2D eigenvalue weighted by atomic mass is 10.2. The number of hydrazine groups is 1. The van der Waals surface area contributed by atoms with Crippen molar-refractivity contribution >= 4 is 29.8 Å². The molecule has 0 fully saturated rings. The van der Waals surface area contributed by atoms with E-state index < -0.39 is 17.8 Å². The number of rotatable bonds is 7. The summed E-state index contributed by atoms with van der Waals surface area (Å²) in [5.74, 6) is 0.771. The van der Waals surface area contributed by atoms with Crippen molar-refractivity contribution in [1.82, 2.24) is 10.7 Å². The Labute approximate surface area is 169 Å². The third-order valence-electron chi connectivity index (χ3n) is 3.52. The first-order valence-corrected chi connectivity index (χ1v) is 8.44. The predicted molar refractivity (Wildman–Crippen MR) is 99.4 cm³/mol. The molecule has 0 atom stereocenters. The van der Waals surface area contributed by atoms with Crippen molar-refractivity contribution in [2.75, 3.05) is 19.2 Å². The van der Waals surface area contributed by atoms with Crippen LogP contribution in [0.15, 0.2) is 41.7 Å². The van der Waals surface area contributed by atoms with Crippen LogP contribution >= 0.6 is 11.6 Å². The topological polar surface area (TPSA) is 89.3 Å². The van der Waals surface area contributed by atoms with Crippen LogP contribution in [-0.4, -0.2) is 26.5 Å². The molecule has 29 heavy (non-hydrogen) atoms. The van der Waals surface area contributed by atoms with E-state index in [1.165, 1.54) is 7.05 Å². The van der Waals surface area contributed by atoms with Crippen LogP contribution in [0.2, 0.25) is 5.02 Å². The minimum absolute atomic E-state index is 0.0579. The number of ether oxygens (including phenoxy) is 1. The first-order valence-electron chi connectivity index (χ1n) is 8.06. The Morgan fingerprint density at radius 3 is 2.62 bits per heavy atom. The summed E-state index contributed by atoms with van der Waals surface area (Å²) in [4.78, 5) is 19.2. The van der Waals surface area contributed by atoms with Crippen molar-refractivity contribution in [3.63, 3.8) is 0 Å². The number of oxime groups is 1. The molecule has 0 saturated heterocycles. The number of hydrogen-bond acceptors (Lipinski definition) is 5. The monoisotopic (exact) mass is 432 g/mol. The van der Waals surface area contributed by atoms with Gasteiger partial charge in [-0.2, -0.15) is 23.6 Å². The minimum atomic E-state index is -4.54. The number of H-pyrrole nitrogens is 1. The Morgan fingerprint density at radius 2 is 2.03 bits per heavy atom. The zero-order chi connectivity index (χ0) is 21.4. The lowest BCUT2D eigenvalue weighted by Gasteiger charge is -2.13. The molecular weight excluding hydrogens is 415 g/mol. The van der Waals surface area contributed by atoms with Crippen molar-refractivity contribution < 1.29 is 32.5 Å². The molecule has 1 heterocycles. The van der Waals surface area contributed by atoms with Crippen molar-refractivity contribution in [2.45, 2.75) is 12.8 Å². The third-order valence-corrected chi connectivity index (χ3v) is 3.81. The number of pyridine rings is 1. The van der Waals surface area contributed by atoms with Gasteiger partial charge in [0.25, 0.3) is 0 Å². The van der Waals surface area contributed by atoms with Crippen LogP contribution in [0.1, 0.15) is 11.1 Å². The largest absolute Gasteiger partial charge is 0.497 e. The molecule has 0 aliphatic carbocycles. The Morgan fingerprint density at radius 1 is 1.34 bits per heavy atom. The van der Waals surface area contributed by atoms with E-state index in [9.17, 15) is 18.0 Å². The van der Waals surface area contributed by atoms with Gasteiger partial charge >= 0.3 is 18.0 Å². The van der Waals surface area contributed by atoms with E-state index in [2.05, 4.69) is 20.9 Å². The van der Waals surface area contributed by atoms with Gasteiger partial charge in [0.2, 0.25) is 0 Å². The van der Waals surface area contributed by atoms with Crippen LogP contribution in [0, 0.1) is 0 Å². The van der Waals surface area contributed by atoms with Gasteiger partial charge in [-0.1, -0.05) is 28.9 Å². The van der Waals surface area contributed by atoms with Crippen molar-refractivity contribution in [2.24, 2.45) is 5.16 Å². The summed E-state index contributed by atoms with van der Waals surface area (Å²) in [6, 6.07) is 7.17. The highest BCUT2D eigenvalue weighted by atomic mass is 35.5. The predicted octanol–water partition coefficient (Wildman–Crippen LogP) is 2.99. The molecule has 1 aromatic heterocycles. The summed E-state index contributed by atoms with van der Waals surface area (Å²) < 4.78 is 43.0. The molecule has 156 valence electrons. The molecule has 0 radical (unpaired) electrons. The standard InChI is InChI=1S/C17H17ClF3N5O3/c1-26(15-14(18)7-12(8-22-15)17(19,20)21)25-16(27)23-10-24-29-9-11-3-5-13(28-2)6-4-11/h3-8,10H,9H2,1-2H3,(H2,23,24,25,27)/p+1. The lowest BCUT2D eigenvalue weighted by Crippen LogP contribution is -2.47. The fourth-order valence-electron chi connectivity index (χ4n) is 2.08. The second-order valence-electron chi connectivity index (χ2n) is 5.58. The number of hydrogen-bond donors (Lipinski definition) is 2. The van der Waals surface area contributed by atoms with E-state index in [-0.39, 0.29) is 17.4 Å². The van der Waals surface area contributed by atoms with Gasteiger partial charge in [0.15, 0.2) is 0 Å². The number of aromatic amines is 1. The van der Waals surface area contributed by atoms with Gasteiger partial charge in [0.05, 0.1) is 12.7 Å². The molecule has 1 aromatic carbocycles. The van der Waals surface area contributed by atoms with Crippen LogP contribution in [0.3, 0.4) is 0 Å². The molecular formula is C17H18ClF3N5O3+. The average Bonchev–Trinajstić information content (AvgIpc) is 2.67. The highest BCUT2D eigenvalue weighted by Gasteiger charge is 2.33. The third kappa shape index (κ3) is 6.71. The number of aromatic nitrogens is 1. The summed E-state index contributed by atoms with van der Waals surface area (Å²) in [6.45, 7) is 0.180. The minimum Gasteiger partial charge on any atom is -0.497 e. The maximum Gasteiger partial charge on any atom is 0.419 e. The first kappa shape index (κ1) is 22.1. The number of urea groups is 1. The molecule has 0 saturated carbocycles. The fraction of sp³-hybridized carbons (Fsp3) is 0.235. The van der Waals surface area contributed by atoms with Crippen molar-refractivity contribution in [3.8, 4) is 5.75 Å². The Balaban J connectivity index is 1.80. The van der Waals surface area contributed by atoms with Crippen LogP contribution in [0.25, 0.3) is 0 Å². The molecule has 2 aromatic rings. The van der Waals surface area contributed by atoms with Crippen LogP contribution < -0.4 is 25.5 Å². The number of nitrogens with zero attached hydrogens (tertiary/aromatic N) is 2. The Hall–Kier alpha value is -3.21. The highest BCUT2D eigenvalue weighted by Crippen LogP contribution is 2.31. The van der Waals surface area contributed by atoms with Gasteiger partial charge < -0.3 is 9.57 Å². The molecule has 0 spiro atoms. The second kappa shape index (κ2) is 9.82. The number of alkyl halides is 3. The highest BCUT2D eigenvalue weighted by molar-refractivity contribution is 6.32. The summed E-state index contributed by atoms with van der Waals surface area (Å²) in [5, 5.41) is 6.75. The normalized spacial score (nSPS) is 11.2. The molecule has 2 amide bonds. The van der Waals surface area contributed by atoms with E-state index in [1.54, 1.807) is 31.4 Å². The summed E-state index contributed by atoms with van der Waals surface area (Å²) >= 11 is 5.84. The Bertz CT molecular complexity index is 862. The van der Waals surface area contributed by atoms with Gasteiger partial charge in [-0.25, -0.2) is 9.78 Å². The molecule has 0 aliphatic heterocycles. The van der Waals surface area contributed by atoms with Gasteiger partial charge in [-0.15, -0.1) is 0 Å². The number of nitrogens with one attached hydrogen (secondary N) is 3. The van der Waals surface area contributed by atoms with Crippen LogP contribution in [0.5, 0.6) is 5.75 Å². The van der Waals surface area contributed by atoms with E-state index >= 15 is 0 Å². The van der Waals surface area contributed by atoms with E-state index in [4.69, 9.17) is 21.2 Å². The number of benzene rings is 1. The number of carbonyl (C=O) groups excluding carboxylic acids is 1. The van der Waals surface area contributed by atoms with Crippen molar-refractivity contribution in [1.29, 1.82) is 0 Å². The van der Waals surface area contributed by atoms with Gasteiger partial charge in [0.1, 0.15) is 37.0 Å². The molecule has 0 unspecified atom stereocenters. The maximum absolute atomic E-state index is 12.7. The lowest BCUT2D eigenvalue weighted by molar-refractivity contribution is -0.367. The molecule has 12 heteroatoms. The number of methoxy groups -OCH3 is 1. The zero-order valence-electron chi connectivity index (χ0n) is 15.4. The van der Waals surface area contributed by atoms with E-state index in [0.717, 1.165) is 29.2 Å². The van der Waals surface area contributed by atoms with Gasteiger partial charge in [-0.05, 0) is 23.8 Å². The Kier molecular flexibility index (Phi) is 7.48. The van der Waals surface area contributed by atoms with E-state index in [0.29, 0.717) is 5.75 Å². The summed E-state index contributed by atoms with van der Waals surface area (Å²) in [6.07, 6.45) is -2.78. The second-order valence-corrected chi connectivity index (χ2v) is 5.99. The first-order chi connectivity index (χ1) is 13.7. The fourth-order valence-corrected chi connectivity index (χ4v) is 2.38. The molecule has 3 N–H and O–H groups in total. The van der Waals surface area contributed by atoms with E-state index in [1.807, 2.05) is 0 Å².